The Morgan fingerprint density at radius 3 is 2.53 bits per heavy atom. The number of aromatic nitrogens is 1. The van der Waals surface area contributed by atoms with E-state index in [0.717, 1.165) is 10.5 Å². The van der Waals surface area contributed by atoms with E-state index in [4.69, 9.17) is 4.98 Å². The molecule has 3 aromatic rings. The van der Waals surface area contributed by atoms with Gasteiger partial charge in [0.2, 0.25) is 0 Å². The average Bonchev–Trinajstić information content (AvgIpc) is 2.70. The molecular weight excluding hydrogens is 202 g/mol. The summed E-state index contributed by atoms with van der Waals surface area (Å²) < 4.78 is 1.28. The van der Waals surface area contributed by atoms with E-state index in [9.17, 15) is 0 Å². The number of rotatable bonds is 0. The number of para-hydroxylation sites is 1. The topological polar surface area (TPSA) is 12.9 Å². The Labute approximate surface area is 91.0 Å². The summed E-state index contributed by atoms with van der Waals surface area (Å²) in [5.74, 6) is 0. The fourth-order valence-corrected chi connectivity index (χ4v) is 3.10. The second-order valence-corrected chi connectivity index (χ2v) is 4.78. The maximum Gasteiger partial charge on any atom is 0.124 e. The van der Waals surface area contributed by atoms with E-state index in [1.54, 1.807) is 11.3 Å². The van der Waals surface area contributed by atoms with E-state index in [1.807, 2.05) is 0 Å². The van der Waals surface area contributed by atoms with Crippen LogP contribution in [0.25, 0.3) is 31.9 Å². The first-order chi connectivity index (χ1) is 7.42. The lowest BCUT2D eigenvalue weighted by molar-refractivity contribution is 1.45. The number of hydrogen-bond acceptors (Lipinski definition) is 2. The quantitative estimate of drug-likeness (QED) is 0.427. The fourth-order valence-electron chi connectivity index (χ4n) is 2.10. The second-order valence-electron chi connectivity index (χ2n) is 3.75. The second kappa shape index (κ2) is 2.47. The van der Waals surface area contributed by atoms with Crippen molar-refractivity contribution in [1.82, 2.24) is 4.98 Å². The molecule has 3 heterocycles. The number of thiazole rings is 1. The van der Waals surface area contributed by atoms with Gasteiger partial charge in [0.05, 0.1) is 10.2 Å². The molecule has 0 saturated heterocycles. The molecule has 0 saturated carbocycles. The van der Waals surface area contributed by atoms with Gasteiger partial charge in [0, 0.05) is 11.1 Å². The molecule has 15 heavy (non-hydrogen) atoms. The number of nitrogens with zero attached hydrogens (tertiary/aromatic N) is 1. The smallest absolute Gasteiger partial charge is 0.124 e. The van der Waals surface area contributed by atoms with E-state index < -0.39 is 0 Å². The van der Waals surface area contributed by atoms with Gasteiger partial charge in [-0.3, -0.25) is 0 Å². The Kier molecular flexibility index (Phi) is 1.25. The molecule has 1 nitrogen and oxygen atoms in total. The largest absolute Gasteiger partial charge is 0.235 e. The van der Waals surface area contributed by atoms with Gasteiger partial charge in [-0.2, -0.15) is 0 Å². The first-order valence-corrected chi connectivity index (χ1v) is 5.74. The standard InChI is InChI=1S/C13H7NS/c1-2-10-8-4-6-9(7-5-8)13-14-12(10)11(3-1)15-13/h1-7H. The van der Waals surface area contributed by atoms with Gasteiger partial charge in [-0.25, -0.2) is 4.98 Å². The van der Waals surface area contributed by atoms with Gasteiger partial charge in [-0.15, -0.1) is 11.3 Å². The van der Waals surface area contributed by atoms with E-state index in [0.29, 0.717) is 0 Å². The fraction of sp³-hybridized carbons (Fsp3) is 0. The molecule has 0 N–H and O–H groups in total. The Bertz CT molecular complexity index is 665. The van der Waals surface area contributed by atoms with Gasteiger partial charge in [-0.05, 0) is 11.6 Å². The van der Waals surface area contributed by atoms with Crippen molar-refractivity contribution in [2.24, 2.45) is 0 Å². The molecule has 0 fully saturated rings. The highest BCUT2D eigenvalue weighted by Gasteiger charge is 2.14. The lowest BCUT2D eigenvalue weighted by Gasteiger charge is -2.05. The zero-order valence-electron chi connectivity index (χ0n) is 7.90. The third kappa shape index (κ3) is 0.896. The van der Waals surface area contributed by atoms with Crippen molar-refractivity contribution >= 4 is 21.6 Å². The minimum absolute atomic E-state index is 1.13. The third-order valence-corrected chi connectivity index (χ3v) is 3.93. The Balaban J connectivity index is 2.35. The summed E-state index contributed by atoms with van der Waals surface area (Å²) in [5, 5.41) is 1.13. The highest BCUT2D eigenvalue weighted by Crippen LogP contribution is 2.38. The van der Waals surface area contributed by atoms with Crippen LogP contribution in [0.5, 0.6) is 0 Å². The van der Waals surface area contributed by atoms with Crippen molar-refractivity contribution in [3.05, 3.63) is 42.5 Å². The van der Waals surface area contributed by atoms with Gasteiger partial charge in [0.15, 0.2) is 0 Å². The first-order valence-electron chi connectivity index (χ1n) is 4.92. The molecule has 70 valence electrons. The average molecular weight is 209 g/mol. The zero-order chi connectivity index (χ0) is 9.83. The van der Waals surface area contributed by atoms with Crippen LogP contribution in [-0.2, 0) is 0 Å². The molecule has 0 unspecified atom stereocenters. The van der Waals surface area contributed by atoms with Gasteiger partial charge >= 0.3 is 0 Å². The van der Waals surface area contributed by atoms with Crippen LogP contribution in [-0.4, -0.2) is 4.98 Å². The summed E-state index contributed by atoms with van der Waals surface area (Å²) in [7, 11) is 0. The first kappa shape index (κ1) is 7.60. The number of hydrogen-bond donors (Lipinski definition) is 0. The molecule has 0 radical (unpaired) electrons. The lowest BCUT2D eigenvalue weighted by atomic mass is 10.0. The summed E-state index contributed by atoms with van der Waals surface area (Å²) in [4.78, 5) is 4.69. The molecule has 0 atom stereocenters. The summed E-state index contributed by atoms with van der Waals surface area (Å²) in [6.45, 7) is 0. The lowest BCUT2D eigenvalue weighted by Crippen LogP contribution is -1.85. The summed E-state index contributed by atoms with van der Waals surface area (Å²) in [5.41, 5.74) is 4.89. The molecule has 0 aliphatic carbocycles. The Morgan fingerprint density at radius 2 is 1.67 bits per heavy atom. The molecule has 0 spiro atoms. The normalized spacial score (nSPS) is 12.0. The maximum absolute atomic E-state index is 4.69. The van der Waals surface area contributed by atoms with Crippen LogP contribution in [0.4, 0.5) is 0 Å². The maximum atomic E-state index is 4.69. The number of fused-ring (bicyclic) bond motifs is 2. The van der Waals surface area contributed by atoms with Gasteiger partial charge in [0.1, 0.15) is 5.01 Å². The van der Waals surface area contributed by atoms with Crippen molar-refractivity contribution in [3.63, 3.8) is 0 Å². The van der Waals surface area contributed by atoms with Crippen LogP contribution >= 0.6 is 11.3 Å². The molecule has 2 aliphatic rings. The molecule has 2 aliphatic heterocycles. The van der Waals surface area contributed by atoms with E-state index in [-0.39, 0.29) is 0 Å². The van der Waals surface area contributed by atoms with Gasteiger partial charge in [-0.1, -0.05) is 36.4 Å². The minimum Gasteiger partial charge on any atom is -0.235 e. The van der Waals surface area contributed by atoms with Crippen LogP contribution in [0, 0.1) is 0 Å². The third-order valence-electron chi connectivity index (χ3n) is 2.86. The van der Waals surface area contributed by atoms with Crippen molar-refractivity contribution in [2.45, 2.75) is 0 Å². The van der Waals surface area contributed by atoms with E-state index in [1.165, 1.54) is 21.4 Å². The molecule has 4 bridgehead atoms. The SMILES string of the molecule is c1cc2c3nc(sc3c1)-c1ccc-2cc1. The molecular formula is C13H7NS. The Hall–Kier alpha value is -1.67. The summed E-state index contributed by atoms with van der Waals surface area (Å²) >= 11 is 1.77. The van der Waals surface area contributed by atoms with E-state index in [2.05, 4.69) is 42.5 Å². The van der Waals surface area contributed by atoms with Crippen LogP contribution < -0.4 is 0 Å². The van der Waals surface area contributed by atoms with Crippen molar-refractivity contribution in [1.29, 1.82) is 0 Å². The van der Waals surface area contributed by atoms with Crippen LogP contribution in [0.2, 0.25) is 0 Å². The van der Waals surface area contributed by atoms with Crippen LogP contribution in [0.1, 0.15) is 0 Å². The highest BCUT2D eigenvalue weighted by atomic mass is 32.1. The predicted molar refractivity (Wildman–Crippen MR) is 64.1 cm³/mol. The van der Waals surface area contributed by atoms with Crippen molar-refractivity contribution < 1.29 is 0 Å². The molecule has 1 aromatic heterocycles. The minimum atomic E-state index is 1.13. The van der Waals surface area contributed by atoms with Crippen molar-refractivity contribution in [2.75, 3.05) is 0 Å². The monoisotopic (exact) mass is 209 g/mol. The molecule has 2 aromatic carbocycles. The highest BCUT2D eigenvalue weighted by molar-refractivity contribution is 7.21. The molecule has 5 rings (SSSR count). The molecule has 2 heteroatoms. The predicted octanol–water partition coefficient (Wildman–Crippen LogP) is 3.94. The molecule has 0 amide bonds. The number of benzene rings is 2. The summed E-state index contributed by atoms with van der Waals surface area (Å²) in [6.07, 6.45) is 0. The van der Waals surface area contributed by atoms with Gasteiger partial charge < -0.3 is 0 Å². The van der Waals surface area contributed by atoms with Crippen LogP contribution in [0.3, 0.4) is 0 Å². The van der Waals surface area contributed by atoms with Crippen molar-refractivity contribution in [3.8, 4) is 21.7 Å². The summed E-state index contributed by atoms with van der Waals surface area (Å²) in [6, 6.07) is 15.1. The zero-order valence-corrected chi connectivity index (χ0v) is 8.71. The Morgan fingerprint density at radius 1 is 0.867 bits per heavy atom. The van der Waals surface area contributed by atoms with E-state index >= 15 is 0 Å². The van der Waals surface area contributed by atoms with Gasteiger partial charge in [0.25, 0.3) is 0 Å². The van der Waals surface area contributed by atoms with Crippen LogP contribution in [0.15, 0.2) is 42.5 Å².